The molecule has 0 aromatic carbocycles. The van der Waals surface area contributed by atoms with E-state index < -0.39 is 0 Å². The molecule has 1 aliphatic rings. The first-order valence-electron chi connectivity index (χ1n) is 6.73. The third-order valence-electron chi connectivity index (χ3n) is 3.64. The maximum atomic E-state index is 4.80. The van der Waals surface area contributed by atoms with E-state index in [-0.39, 0.29) is 5.41 Å². The lowest BCUT2D eigenvalue weighted by molar-refractivity contribution is 0.369. The average Bonchev–Trinajstić information content (AvgIpc) is 2.62. The van der Waals surface area contributed by atoms with Crippen molar-refractivity contribution in [3.05, 3.63) is 17.2 Å². The van der Waals surface area contributed by atoms with Gasteiger partial charge in [0.2, 0.25) is 0 Å². The van der Waals surface area contributed by atoms with Crippen LogP contribution in [0.5, 0.6) is 0 Å². The molecule has 96 valence electrons. The molecule has 0 aliphatic carbocycles. The summed E-state index contributed by atoms with van der Waals surface area (Å²) in [4.78, 5) is 8.25. The van der Waals surface area contributed by atoms with E-state index in [9.17, 15) is 0 Å². The molecule has 0 bridgehead atoms. The number of nitrogens with one attached hydrogen (secondary N) is 2. The van der Waals surface area contributed by atoms with Crippen molar-refractivity contribution >= 4 is 0 Å². The quantitative estimate of drug-likeness (QED) is 0.827. The molecule has 1 saturated heterocycles. The molecule has 17 heavy (non-hydrogen) atoms. The van der Waals surface area contributed by atoms with Gasteiger partial charge >= 0.3 is 0 Å². The predicted octanol–water partition coefficient (Wildman–Crippen LogP) is 2.56. The van der Waals surface area contributed by atoms with Crippen LogP contribution in [-0.2, 0) is 11.8 Å². The van der Waals surface area contributed by atoms with Crippen LogP contribution in [0, 0.1) is 12.8 Å². The van der Waals surface area contributed by atoms with Crippen LogP contribution in [0.2, 0.25) is 0 Å². The van der Waals surface area contributed by atoms with E-state index in [1.54, 1.807) is 0 Å². The van der Waals surface area contributed by atoms with Gasteiger partial charge in [-0.05, 0) is 45.2 Å². The largest absolute Gasteiger partial charge is 0.345 e. The fraction of sp³-hybridized carbons (Fsp3) is 0.786. The second-order valence-corrected chi connectivity index (χ2v) is 6.30. The van der Waals surface area contributed by atoms with E-state index in [0.29, 0.717) is 0 Å². The van der Waals surface area contributed by atoms with Crippen LogP contribution < -0.4 is 5.32 Å². The van der Waals surface area contributed by atoms with Gasteiger partial charge in [0, 0.05) is 11.1 Å². The Kier molecular flexibility index (Phi) is 3.57. The Morgan fingerprint density at radius 3 is 2.41 bits per heavy atom. The van der Waals surface area contributed by atoms with E-state index in [1.807, 2.05) is 0 Å². The molecule has 0 radical (unpaired) electrons. The summed E-state index contributed by atoms with van der Waals surface area (Å²) in [6.45, 7) is 11.1. The molecule has 0 amide bonds. The molecule has 3 heteroatoms. The molecule has 1 aromatic heterocycles. The molecule has 2 rings (SSSR count). The fourth-order valence-electron chi connectivity index (χ4n) is 2.41. The molecule has 0 atom stereocenters. The topological polar surface area (TPSA) is 40.7 Å². The normalized spacial score (nSPS) is 18.6. The molecule has 2 heterocycles. The van der Waals surface area contributed by atoms with Gasteiger partial charge in [-0.1, -0.05) is 20.8 Å². The molecule has 0 saturated carbocycles. The Labute approximate surface area is 104 Å². The number of rotatable bonds is 2. The maximum Gasteiger partial charge on any atom is 0.111 e. The second kappa shape index (κ2) is 4.81. The highest BCUT2D eigenvalue weighted by Crippen LogP contribution is 2.23. The standard InChI is InChI=1S/C14H25N3/c1-10-12(9-11-5-7-15-8-6-11)17-13(16-10)14(2,3)4/h11,15H,5-9H2,1-4H3,(H,16,17). The molecule has 1 fully saturated rings. The molecule has 0 spiro atoms. The number of hydrogen-bond donors (Lipinski definition) is 2. The van der Waals surface area contributed by atoms with Gasteiger partial charge in [0.1, 0.15) is 5.82 Å². The Morgan fingerprint density at radius 2 is 1.88 bits per heavy atom. The van der Waals surface area contributed by atoms with Crippen molar-refractivity contribution in [1.82, 2.24) is 15.3 Å². The molecule has 3 nitrogen and oxygen atoms in total. The van der Waals surface area contributed by atoms with Crippen LogP contribution in [0.15, 0.2) is 0 Å². The number of aromatic nitrogens is 2. The number of hydrogen-bond acceptors (Lipinski definition) is 2. The fourth-order valence-corrected chi connectivity index (χ4v) is 2.41. The van der Waals surface area contributed by atoms with Gasteiger partial charge in [-0.3, -0.25) is 0 Å². The minimum Gasteiger partial charge on any atom is -0.345 e. The van der Waals surface area contributed by atoms with Crippen molar-refractivity contribution in [3.8, 4) is 0 Å². The van der Waals surface area contributed by atoms with E-state index >= 15 is 0 Å². The Balaban J connectivity index is 2.07. The van der Waals surface area contributed by atoms with E-state index in [2.05, 4.69) is 38.0 Å². The van der Waals surface area contributed by atoms with Gasteiger partial charge in [-0.25, -0.2) is 4.98 Å². The molecule has 0 unspecified atom stereocenters. The van der Waals surface area contributed by atoms with Crippen molar-refractivity contribution in [3.63, 3.8) is 0 Å². The highest BCUT2D eigenvalue weighted by atomic mass is 15.0. The maximum absolute atomic E-state index is 4.80. The lowest BCUT2D eigenvalue weighted by Crippen LogP contribution is -2.28. The van der Waals surface area contributed by atoms with Gasteiger partial charge < -0.3 is 10.3 Å². The zero-order chi connectivity index (χ0) is 12.5. The third-order valence-corrected chi connectivity index (χ3v) is 3.64. The summed E-state index contributed by atoms with van der Waals surface area (Å²) >= 11 is 0. The smallest absolute Gasteiger partial charge is 0.111 e. The molecule has 1 aliphatic heterocycles. The van der Waals surface area contributed by atoms with Crippen LogP contribution in [0.4, 0.5) is 0 Å². The summed E-state index contributed by atoms with van der Waals surface area (Å²) in [5.41, 5.74) is 2.66. The van der Waals surface area contributed by atoms with Crippen LogP contribution >= 0.6 is 0 Å². The first kappa shape index (κ1) is 12.6. The van der Waals surface area contributed by atoms with Gasteiger partial charge in [0.15, 0.2) is 0 Å². The molecular formula is C14H25N3. The Morgan fingerprint density at radius 1 is 1.24 bits per heavy atom. The number of H-pyrrole nitrogens is 1. The van der Waals surface area contributed by atoms with Gasteiger partial charge in [-0.2, -0.15) is 0 Å². The SMILES string of the molecule is Cc1[nH]c(C(C)(C)C)nc1CC1CCNCC1. The Bertz CT molecular complexity index is 367. The molecular weight excluding hydrogens is 210 g/mol. The summed E-state index contributed by atoms with van der Waals surface area (Å²) < 4.78 is 0. The van der Waals surface area contributed by atoms with E-state index in [1.165, 1.54) is 37.3 Å². The van der Waals surface area contributed by atoms with Gasteiger partial charge in [0.25, 0.3) is 0 Å². The second-order valence-electron chi connectivity index (χ2n) is 6.30. The summed E-state index contributed by atoms with van der Waals surface area (Å²) in [5, 5.41) is 3.42. The van der Waals surface area contributed by atoms with Crippen LogP contribution in [0.3, 0.4) is 0 Å². The van der Waals surface area contributed by atoms with E-state index in [0.717, 1.165) is 18.2 Å². The number of nitrogens with zero attached hydrogens (tertiary/aromatic N) is 1. The van der Waals surface area contributed by atoms with Crippen molar-refractivity contribution < 1.29 is 0 Å². The predicted molar refractivity (Wildman–Crippen MR) is 71.3 cm³/mol. The molecule has 1 aromatic rings. The zero-order valence-corrected chi connectivity index (χ0v) is 11.6. The van der Waals surface area contributed by atoms with Crippen LogP contribution in [0.25, 0.3) is 0 Å². The monoisotopic (exact) mass is 235 g/mol. The Hall–Kier alpha value is -0.830. The lowest BCUT2D eigenvalue weighted by atomic mass is 9.92. The summed E-state index contributed by atoms with van der Waals surface area (Å²) in [7, 11) is 0. The van der Waals surface area contributed by atoms with Crippen molar-refractivity contribution in [2.75, 3.05) is 13.1 Å². The van der Waals surface area contributed by atoms with Crippen LogP contribution in [0.1, 0.15) is 50.8 Å². The van der Waals surface area contributed by atoms with Gasteiger partial charge in [0.05, 0.1) is 5.69 Å². The van der Waals surface area contributed by atoms with Crippen molar-refractivity contribution in [2.24, 2.45) is 5.92 Å². The highest BCUT2D eigenvalue weighted by Gasteiger charge is 2.21. The lowest BCUT2D eigenvalue weighted by Gasteiger charge is -2.21. The number of piperidine rings is 1. The minimum atomic E-state index is 0.122. The van der Waals surface area contributed by atoms with Crippen molar-refractivity contribution in [1.29, 1.82) is 0 Å². The number of aryl methyl sites for hydroxylation is 1. The molecule has 2 N–H and O–H groups in total. The number of imidazole rings is 1. The number of aromatic amines is 1. The first-order chi connectivity index (χ1) is 7.97. The van der Waals surface area contributed by atoms with Crippen molar-refractivity contribution in [2.45, 2.75) is 52.4 Å². The van der Waals surface area contributed by atoms with Crippen LogP contribution in [-0.4, -0.2) is 23.1 Å². The summed E-state index contributed by atoms with van der Waals surface area (Å²) in [6.07, 6.45) is 3.72. The summed E-state index contributed by atoms with van der Waals surface area (Å²) in [6, 6.07) is 0. The minimum absolute atomic E-state index is 0.122. The summed E-state index contributed by atoms with van der Waals surface area (Å²) in [5.74, 6) is 1.94. The zero-order valence-electron chi connectivity index (χ0n) is 11.6. The highest BCUT2D eigenvalue weighted by molar-refractivity contribution is 5.17. The van der Waals surface area contributed by atoms with E-state index in [4.69, 9.17) is 4.98 Å². The van der Waals surface area contributed by atoms with Gasteiger partial charge in [-0.15, -0.1) is 0 Å². The average molecular weight is 235 g/mol. The first-order valence-corrected chi connectivity index (χ1v) is 6.73. The third kappa shape index (κ3) is 3.09.